The van der Waals surface area contributed by atoms with Crippen LogP contribution in [0.15, 0.2) is 18.2 Å². The van der Waals surface area contributed by atoms with Crippen molar-refractivity contribution in [3.8, 4) is 0 Å². The van der Waals surface area contributed by atoms with Crippen molar-refractivity contribution >= 4 is 17.0 Å². The zero-order valence-electron chi connectivity index (χ0n) is 11.3. The number of hydrogen-bond acceptors (Lipinski definition) is 2. The van der Waals surface area contributed by atoms with E-state index in [4.69, 9.17) is 5.11 Å². The van der Waals surface area contributed by atoms with Gasteiger partial charge in [0, 0.05) is 12.5 Å². The lowest BCUT2D eigenvalue weighted by molar-refractivity contribution is 0.0697. The first kappa shape index (κ1) is 12.2. The van der Waals surface area contributed by atoms with E-state index >= 15 is 0 Å². The first-order chi connectivity index (χ1) is 9.06. The van der Waals surface area contributed by atoms with Gasteiger partial charge in [-0.1, -0.05) is 13.8 Å². The molecule has 4 heteroatoms. The Bertz CT molecular complexity index is 639. The quantitative estimate of drug-likeness (QED) is 0.915. The second-order valence-corrected chi connectivity index (χ2v) is 5.74. The van der Waals surface area contributed by atoms with Crippen LogP contribution >= 0.6 is 0 Å². The summed E-state index contributed by atoms with van der Waals surface area (Å²) in [4.78, 5) is 15.8. The molecule has 1 aromatic heterocycles. The van der Waals surface area contributed by atoms with E-state index in [2.05, 4.69) is 23.4 Å². The molecule has 0 atom stereocenters. The van der Waals surface area contributed by atoms with Crippen molar-refractivity contribution in [3.05, 3.63) is 29.6 Å². The van der Waals surface area contributed by atoms with E-state index in [-0.39, 0.29) is 0 Å². The van der Waals surface area contributed by atoms with Gasteiger partial charge in [0.25, 0.3) is 0 Å². The van der Waals surface area contributed by atoms with Gasteiger partial charge in [-0.05, 0) is 37.0 Å². The smallest absolute Gasteiger partial charge is 0.335 e. The van der Waals surface area contributed by atoms with Gasteiger partial charge in [-0.25, -0.2) is 9.78 Å². The normalized spacial score (nSPS) is 15.3. The fourth-order valence-electron chi connectivity index (χ4n) is 2.53. The molecular weight excluding hydrogens is 240 g/mol. The topological polar surface area (TPSA) is 55.1 Å². The van der Waals surface area contributed by atoms with Gasteiger partial charge < -0.3 is 9.67 Å². The SMILES string of the molecule is CC(C)Cc1nc2ccc(C(=O)O)cc2n1C1CC1. The molecule has 0 aliphatic heterocycles. The lowest BCUT2D eigenvalue weighted by Crippen LogP contribution is -2.05. The number of aromatic carboxylic acids is 1. The zero-order chi connectivity index (χ0) is 13.6. The van der Waals surface area contributed by atoms with E-state index in [0.29, 0.717) is 17.5 Å². The number of carbonyl (C=O) groups is 1. The number of aromatic nitrogens is 2. The van der Waals surface area contributed by atoms with Crippen LogP contribution in [0.5, 0.6) is 0 Å². The number of imidazole rings is 1. The van der Waals surface area contributed by atoms with Crippen LogP contribution in [0.25, 0.3) is 11.0 Å². The molecule has 1 saturated carbocycles. The van der Waals surface area contributed by atoms with Crippen LogP contribution in [0.4, 0.5) is 0 Å². The highest BCUT2D eigenvalue weighted by Crippen LogP contribution is 2.39. The second-order valence-electron chi connectivity index (χ2n) is 5.74. The summed E-state index contributed by atoms with van der Waals surface area (Å²) in [6, 6.07) is 5.73. The Morgan fingerprint density at radius 3 is 2.79 bits per heavy atom. The molecule has 1 fully saturated rings. The average molecular weight is 258 g/mol. The highest BCUT2D eigenvalue weighted by molar-refractivity contribution is 5.92. The minimum absolute atomic E-state index is 0.338. The highest BCUT2D eigenvalue weighted by atomic mass is 16.4. The number of hydrogen-bond donors (Lipinski definition) is 1. The van der Waals surface area contributed by atoms with E-state index in [0.717, 1.165) is 23.3 Å². The Morgan fingerprint density at radius 2 is 2.21 bits per heavy atom. The van der Waals surface area contributed by atoms with Crippen LogP contribution in [0, 0.1) is 5.92 Å². The predicted octanol–water partition coefficient (Wildman–Crippen LogP) is 3.27. The van der Waals surface area contributed by atoms with Crippen LogP contribution in [-0.2, 0) is 6.42 Å². The third kappa shape index (κ3) is 2.23. The summed E-state index contributed by atoms with van der Waals surface area (Å²) in [5, 5.41) is 9.11. The fraction of sp³-hybridized carbons (Fsp3) is 0.467. The third-order valence-electron chi connectivity index (χ3n) is 3.51. The monoisotopic (exact) mass is 258 g/mol. The standard InChI is InChI=1S/C15H18N2O2/c1-9(2)7-14-16-12-6-3-10(15(18)19)8-13(12)17(14)11-4-5-11/h3,6,8-9,11H,4-5,7H2,1-2H3,(H,18,19). The Kier molecular flexibility index (Phi) is 2.81. The van der Waals surface area contributed by atoms with Gasteiger partial charge in [-0.2, -0.15) is 0 Å². The third-order valence-corrected chi connectivity index (χ3v) is 3.51. The Morgan fingerprint density at radius 1 is 1.47 bits per heavy atom. The van der Waals surface area contributed by atoms with Gasteiger partial charge in [0.2, 0.25) is 0 Å². The van der Waals surface area contributed by atoms with Gasteiger partial charge in [-0.3, -0.25) is 0 Å². The Hall–Kier alpha value is -1.84. The molecule has 1 aliphatic rings. The van der Waals surface area contributed by atoms with E-state index in [1.165, 1.54) is 12.8 Å². The molecule has 19 heavy (non-hydrogen) atoms. The summed E-state index contributed by atoms with van der Waals surface area (Å²) in [7, 11) is 0. The molecule has 0 unspecified atom stereocenters. The van der Waals surface area contributed by atoms with Crippen molar-refractivity contribution in [2.24, 2.45) is 5.92 Å². The van der Waals surface area contributed by atoms with Crippen molar-refractivity contribution in [2.75, 3.05) is 0 Å². The average Bonchev–Trinajstić information content (AvgIpc) is 3.10. The lowest BCUT2D eigenvalue weighted by Gasteiger charge is -2.09. The largest absolute Gasteiger partial charge is 0.478 e. The van der Waals surface area contributed by atoms with Gasteiger partial charge >= 0.3 is 5.97 Å². The molecule has 1 N–H and O–H groups in total. The molecule has 0 bridgehead atoms. The molecule has 2 aromatic rings. The summed E-state index contributed by atoms with van der Waals surface area (Å²) in [5.74, 6) is 0.763. The molecule has 4 nitrogen and oxygen atoms in total. The van der Waals surface area contributed by atoms with E-state index < -0.39 is 5.97 Å². The molecule has 0 saturated heterocycles. The van der Waals surface area contributed by atoms with Gasteiger partial charge in [0.1, 0.15) is 5.82 Å². The fourth-order valence-corrected chi connectivity index (χ4v) is 2.53. The predicted molar refractivity (Wildman–Crippen MR) is 73.5 cm³/mol. The molecular formula is C15H18N2O2. The Labute approximate surface area is 112 Å². The summed E-state index contributed by atoms with van der Waals surface area (Å²) < 4.78 is 2.25. The number of rotatable bonds is 4. The van der Waals surface area contributed by atoms with E-state index in [9.17, 15) is 4.79 Å². The van der Waals surface area contributed by atoms with Crippen molar-refractivity contribution in [3.63, 3.8) is 0 Å². The van der Waals surface area contributed by atoms with E-state index in [1.54, 1.807) is 12.1 Å². The van der Waals surface area contributed by atoms with Gasteiger partial charge in [0.15, 0.2) is 0 Å². The zero-order valence-corrected chi connectivity index (χ0v) is 11.3. The first-order valence-corrected chi connectivity index (χ1v) is 6.80. The molecule has 3 rings (SSSR count). The van der Waals surface area contributed by atoms with Crippen molar-refractivity contribution in [1.82, 2.24) is 9.55 Å². The minimum Gasteiger partial charge on any atom is -0.478 e. The summed E-state index contributed by atoms with van der Waals surface area (Å²) in [6.45, 7) is 4.36. The molecule has 100 valence electrons. The number of carboxylic acids is 1. The molecule has 0 amide bonds. The maximum Gasteiger partial charge on any atom is 0.335 e. The maximum atomic E-state index is 11.1. The molecule has 0 radical (unpaired) electrons. The van der Waals surface area contributed by atoms with Gasteiger partial charge in [-0.15, -0.1) is 0 Å². The minimum atomic E-state index is -0.879. The molecule has 1 heterocycles. The van der Waals surface area contributed by atoms with Crippen LogP contribution < -0.4 is 0 Å². The second kappa shape index (κ2) is 4.37. The van der Waals surface area contributed by atoms with Crippen molar-refractivity contribution < 1.29 is 9.90 Å². The molecule has 1 aliphatic carbocycles. The first-order valence-electron chi connectivity index (χ1n) is 6.80. The molecule has 0 spiro atoms. The van der Waals surface area contributed by atoms with Crippen LogP contribution in [0.1, 0.15) is 48.9 Å². The highest BCUT2D eigenvalue weighted by Gasteiger charge is 2.28. The van der Waals surface area contributed by atoms with E-state index in [1.807, 2.05) is 6.07 Å². The van der Waals surface area contributed by atoms with Crippen LogP contribution in [-0.4, -0.2) is 20.6 Å². The number of fused-ring (bicyclic) bond motifs is 1. The number of benzene rings is 1. The Balaban J connectivity index is 2.16. The van der Waals surface area contributed by atoms with Crippen molar-refractivity contribution in [2.45, 2.75) is 39.2 Å². The summed E-state index contributed by atoms with van der Waals surface area (Å²) in [5.41, 5.74) is 2.22. The van der Waals surface area contributed by atoms with Crippen LogP contribution in [0.3, 0.4) is 0 Å². The van der Waals surface area contributed by atoms with Gasteiger partial charge in [0.05, 0.1) is 16.6 Å². The summed E-state index contributed by atoms with van der Waals surface area (Å²) >= 11 is 0. The van der Waals surface area contributed by atoms with Crippen LogP contribution in [0.2, 0.25) is 0 Å². The molecule has 1 aromatic carbocycles. The number of nitrogens with zero attached hydrogens (tertiary/aromatic N) is 2. The van der Waals surface area contributed by atoms with Crippen molar-refractivity contribution in [1.29, 1.82) is 0 Å². The number of carboxylic acid groups (broad SMARTS) is 1. The summed E-state index contributed by atoms with van der Waals surface area (Å²) in [6.07, 6.45) is 3.29. The maximum absolute atomic E-state index is 11.1. The lowest BCUT2D eigenvalue weighted by atomic mass is 10.1.